The van der Waals surface area contributed by atoms with Crippen molar-refractivity contribution in [3.05, 3.63) is 57.1 Å². The lowest BCUT2D eigenvalue weighted by Crippen LogP contribution is -2.11. The van der Waals surface area contributed by atoms with E-state index in [0.29, 0.717) is 4.47 Å². The summed E-state index contributed by atoms with van der Waals surface area (Å²) in [5.74, 6) is -0.0511. The molecule has 0 bridgehead atoms. The summed E-state index contributed by atoms with van der Waals surface area (Å²) in [6.07, 6.45) is 0. The van der Waals surface area contributed by atoms with Crippen LogP contribution in [0.3, 0.4) is 0 Å². The molecule has 22 heavy (non-hydrogen) atoms. The molecule has 0 spiro atoms. The summed E-state index contributed by atoms with van der Waals surface area (Å²) < 4.78 is 35.1. The largest absolute Gasteiger partial charge is 0.495 e. The number of methoxy groups -OCH3 is 1. The zero-order chi connectivity index (χ0) is 16.3. The van der Waals surface area contributed by atoms with Crippen molar-refractivity contribution in [1.29, 1.82) is 0 Å². The van der Waals surface area contributed by atoms with Crippen LogP contribution in [0.25, 0.3) is 0 Å². The van der Waals surface area contributed by atoms with Crippen LogP contribution in [0.4, 0.5) is 5.69 Å². The van der Waals surface area contributed by atoms with Crippen molar-refractivity contribution in [3.8, 4) is 11.5 Å². The van der Waals surface area contributed by atoms with Crippen molar-refractivity contribution < 1.29 is 22.3 Å². The Morgan fingerprint density at radius 3 is 2.55 bits per heavy atom. The van der Waals surface area contributed by atoms with Crippen molar-refractivity contribution in [1.82, 2.24) is 0 Å². The van der Waals surface area contributed by atoms with Crippen LogP contribution in [-0.2, 0) is 10.1 Å². The molecule has 116 valence electrons. The average molecular weight is 388 g/mol. The zero-order valence-corrected chi connectivity index (χ0v) is 13.6. The van der Waals surface area contributed by atoms with Gasteiger partial charge in [0.1, 0.15) is 16.4 Å². The van der Waals surface area contributed by atoms with E-state index in [2.05, 4.69) is 15.9 Å². The van der Waals surface area contributed by atoms with Gasteiger partial charge in [0, 0.05) is 10.5 Å². The quantitative estimate of drug-likeness (QED) is 0.444. The molecule has 2 aromatic rings. The van der Waals surface area contributed by atoms with E-state index >= 15 is 0 Å². The van der Waals surface area contributed by atoms with Crippen LogP contribution in [0, 0.1) is 10.1 Å². The van der Waals surface area contributed by atoms with Crippen LogP contribution >= 0.6 is 15.9 Å². The van der Waals surface area contributed by atoms with Crippen molar-refractivity contribution in [3.63, 3.8) is 0 Å². The Hall–Kier alpha value is -2.13. The van der Waals surface area contributed by atoms with Gasteiger partial charge in [-0.3, -0.25) is 10.1 Å². The molecule has 2 aromatic carbocycles. The van der Waals surface area contributed by atoms with Crippen molar-refractivity contribution >= 4 is 31.7 Å². The Kier molecular flexibility index (Phi) is 4.67. The first-order valence-electron chi connectivity index (χ1n) is 5.86. The second-order valence-corrected chi connectivity index (χ2v) is 6.52. The highest BCUT2D eigenvalue weighted by molar-refractivity contribution is 9.10. The fourth-order valence-electron chi connectivity index (χ4n) is 1.67. The Morgan fingerprint density at radius 1 is 1.18 bits per heavy atom. The molecule has 0 aromatic heterocycles. The third kappa shape index (κ3) is 3.55. The molecule has 0 radical (unpaired) electrons. The molecule has 0 N–H and O–H groups in total. The lowest BCUT2D eigenvalue weighted by molar-refractivity contribution is -0.384. The molecule has 0 unspecified atom stereocenters. The Balaban J connectivity index is 2.42. The van der Waals surface area contributed by atoms with E-state index in [0.717, 1.165) is 6.07 Å². The topological polar surface area (TPSA) is 95.7 Å². The summed E-state index contributed by atoms with van der Waals surface area (Å²) in [6.45, 7) is 0. The molecular weight excluding hydrogens is 378 g/mol. The molecule has 0 aliphatic rings. The maximum absolute atomic E-state index is 12.3. The fourth-order valence-corrected chi connectivity index (χ4v) is 3.29. The number of ether oxygens (including phenoxy) is 1. The molecule has 0 saturated carbocycles. The highest BCUT2D eigenvalue weighted by Gasteiger charge is 2.23. The van der Waals surface area contributed by atoms with Gasteiger partial charge in [0.25, 0.3) is 5.69 Å². The Bertz CT molecular complexity index is 821. The first-order valence-corrected chi connectivity index (χ1v) is 8.06. The van der Waals surface area contributed by atoms with E-state index < -0.39 is 15.0 Å². The molecule has 7 nitrogen and oxygen atoms in total. The summed E-state index contributed by atoms with van der Waals surface area (Å²) in [4.78, 5) is 9.88. The molecule has 0 amide bonds. The minimum absolute atomic E-state index is 0.105. The number of hydrogen-bond donors (Lipinski definition) is 0. The van der Waals surface area contributed by atoms with Gasteiger partial charge in [0.15, 0.2) is 0 Å². The van der Waals surface area contributed by atoms with Gasteiger partial charge in [-0.1, -0.05) is 22.0 Å². The van der Waals surface area contributed by atoms with Gasteiger partial charge in [0.2, 0.25) is 0 Å². The number of rotatable bonds is 5. The van der Waals surface area contributed by atoms with Crippen molar-refractivity contribution in [2.24, 2.45) is 0 Å². The number of benzene rings is 2. The first-order chi connectivity index (χ1) is 10.3. The smallest absolute Gasteiger partial charge is 0.342 e. The fraction of sp³-hybridized carbons (Fsp3) is 0.0769. The highest BCUT2D eigenvalue weighted by atomic mass is 79.9. The van der Waals surface area contributed by atoms with E-state index in [-0.39, 0.29) is 22.1 Å². The minimum atomic E-state index is -4.20. The third-order valence-corrected chi connectivity index (χ3v) is 4.39. The van der Waals surface area contributed by atoms with Gasteiger partial charge in [-0.25, -0.2) is 0 Å². The predicted molar refractivity (Wildman–Crippen MR) is 81.6 cm³/mol. The number of nitro benzene ring substituents is 1. The average Bonchev–Trinajstić information content (AvgIpc) is 2.47. The summed E-state index contributed by atoms with van der Waals surface area (Å²) in [5.41, 5.74) is -0.270. The molecule has 2 rings (SSSR count). The molecule has 0 atom stereocenters. The predicted octanol–water partition coefficient (Wildman–Crippen LogP) is 3.13. The van der Waals surface area contributed by atoms with E-state index in [1.54, 1.807) is 6.07 Å². The summed E-state index contributed by atoms with van der Waals surface area (Å²) in [5, 5.41) is 10.7. The van der Waals surface area contributed by atoms with E-state index in [1.807, 2.05) is 0 Å². The lowest BCUT2D eigenvalue weighted by atomic mass is 10.3. The number of nitrogens with zero attached hydrogens (tertiary/aromatic N) is 1. The molecule has 9 heteroatoms. The second-order valence-electron chi connectivity index (χ2n) is 4.09. The van der Waals surface area contributed by atoms with Gasteiger partial charge in [-0.05, 0) is 24.3 Å². The first kappa shape index (κ1) is 16.2. The Morgan fingerprint density at radius 2 is 1.91 bits per heavy atom. The number of halogens is 1. The van der Waals surface area contributed by atoms with Gasteiger partial charge in [-0.15, -0.1) is 0 Å². The monoisotopic (exact) mass is 387 g/mol. The molecule has 0 fully saturated rings. The van der Waals surface area contributed by atoms with Crippen LogP contribution in [-0.4, -0.2) is 20.5 Å². The van der Waals surface area contributed by atoms with Crippen molar-refractivity contribution in [2.75, 3.05) is 7.11 Å². The molecular formula is C13H10BrNO6S. The lowest BCUT2D eigenvalue weighted by Gasteiger charge is -2.10. The van der Waals surface area contributed by atoms with E-state index in [1.165, 1.54) is 37.4 Å². The minimum Gasteiger partial charge on any atom is -0.495 e. The number of nitro groups is 1. The highest BCUT2D eigenvalue weighted by Crippen LogP contribution is 2.30. The summed E-state index contributed by atoms with van der Waals surface area (Å²) in [7, 11) is -2.87. The molecule has 0 aliphatic carbocycles. The van der Waals surface area contributed by atoms with Crippen LogP contribution in [0.15, 0.2) is 51.8 Å². The summed E-state index contributed by atoms with van der Waals surface area (Å²) >= 11 is 3.17. The second kappa shape index (κ2) is 6.32. The van der Waals surface area contributed by atoms with Gasteiger partial charge in [-0.2, -0.15) is 8.42 Å². The van der Waals surface area contributed by atoms with Gasteiger partial charge < -0.3 is 8.92 Å². The van der Waals surface area contributed by atoms with Crippen LogP contribution < -0.4 is 8.92 Å². The van der Waals surface area contributed by atoms with E-state index in [4.69, 9.17) is 8.92 Å². The van der Waals surface area contributed by atoms with Gasteiger partial charge in [0.05, 0.1) is 18.1 Å². The maximum Gasteiger partial charge on any atom is 0.342 e. The van der Waals surface area contributed by atoms with Crippen LogP contribution in [0.2, 0.25) is 0 Å². The Labute approximate surface area is 134 Å². The maximum atomic E-state index is 12.3. The van der Waals surface area contributed by atoms with E-state index in [9.17, 15) is 18.5 Å². The summed E-state index contributed by atoms with van der Waals surface area (Å²) in [6, 6.07) is 9.32. The van der Waals surface area contributed by atoms with Crippen molar-refractivity contribution in [2.45, 2.75) is 4.90 Å². The molecule has 0 aliphatic heterocycles. The number of hydrogen-bond acceptors (Lipinski definition) is 6. The van der Waals surface area contributed by atoms with Crippen LogP contribution in [0.1, 0.15) is 0 Å². The van der Waals surface area contributed by atoms with Gasteiger partial charge >= 0.3 is 10.1 Å². The standard InChI is InChI=1S/C13H10BrNO6S/c1-20-12-6-5-9(14)7-13(12)22(18,19)21-11-4-2-3-10(8-11)15(16)17/h2-8H,1H3. The molecule has 0 saturated heterocycles. The van der Waals surface area contributed by atoms with Crippen LogP contribution in [0.5, 0.6) is 11.5 Å². The zero-order valence-electron chi connectivity index (χ0n) is 11.2. The normalized spacial score (nSPS) is 11.0. The third-order valence-electron chi connectivity index (χ3n) is 2.63. The SMILES string of the molecule is COc1ccc(Br)cc1S(=O)(=O)Oc1cccc([N+](=O)[O-])c1. The molecule has 0 heterocycles. The number of non-ortho nitro benzene ring substituents is 1.